The van der Waals surface area contributed by atoms with Gasteiger partial charge in [-0.3, -0.25) is 19.7 Å². The van der Waals surface area contributed by atoms with Crippen molar-refractivity contribution < 1.29 is 29.1 Å². The molecule has 0 bridgehead atoms. The second-order valence-electron chi connectivity index (χ2n) is 8.01. The second-order valence-corrected chi connectivity index (χ2v) is 8.01. The first-order chi connectivity index (χ1) is 15.8. The number of non-ortho nitro benzene ring substituents is 1. The van der Waals surface area contributed by atoms with E-state index in [1.165, 1.54) is 23.1 Å². The fraction of sp³-hybridized carbons (Fsp3) is 0.304. The van der Waals surface area contributed by atoms with E-state index in [1.54, 1.807) is 24.3 Å². The Hall–Kier alpha value is -3.92. The molecule has 1 unspecified atom stereocenters. The molecule has 2 aliphatic rings. The summed E-state index contributed by atoms with van der Waals surface area (Å²) in [6.07, 6.45) is 0. The lowest BCUT2D eigenvalue weighted by molar-refractivity contribution is -0.384. The summed E-state index contributed by atoms with van der Waals surface area (Å²) in [5.41, 5.74) is 0.336. The van der Waals surface area contributed by atoms with Crippen molar-refractivity contribution in [1.82, 2.24) is 9.80 Å². The number of likely N-dealkylation sites (tertiary alicyclic amines) is 1. The normalized spacial score (nSPS) is 19.2. The average molecular weight is 453 g/mol. The molecule has 0 spiro atoms. The van der Waals surface area contributed by atoms with Crippen LogP contribution >= 0.6 is 0 Å². The SMILES string of the molecule is CN(C)CCN1C(=O)C(=O)/C(=C(\O)c2ccc3c(c2)OCCO3)C1c1cccc([N+](=O)[O-])c1. The van der Waals surface area contributed by atoms with Crippen LogP contribution in [0.2, 0.25) is 0 Å². The maximum Gasteiger partial charge on any atom is 0.295 e. The Morgan fingerprint density at radius 3 is 2.58 bits per heavy atom. The summed E-state index contributed by atoms with van der Waals surface area (Å²) in [6.45, 7) is 1.41. The first-order valence-electron chi connectivity index (χ1n) is 10.4. The minimum Gasteiger partial charge on any atom is -0.507 e. The number of aliphatic hydroxyl groups excluding tert-OH is 1. The van der Waals surface area contributed by atoms with Gasteiger partial charge in [0.2, 0.25) is 0 Å². The van der Waals surface area contributed by atoms with Crippen LogP contribution in [0.1, 0.15) is 17.2 Å². The predicted octanol–water partition coefficient (Wildman–Crippen LogP) is 2.35. The zero-order valence-electron chi connectivity index (χ0n) is 18.2. The van der Waals surface area contributed by atoms with Crippen LogP contribution in [-0.2, 0) is 9.59 Å². The molecule has 0 saturated carbocycles. The van der Waals surface area contributed by atoms with Gasteiger partial charge in [0.05, 0.1) is 16.5 Å². The van der Waals surface area contributed by atoms with E-state index in [2.05, 4.69) is 0 Å². The van der Waals surface area contributed by atoms with E-state index in [0.717, 1.165) is 0 Å². The maximum absolute atomic E-state index is 13.1. The van der Waals surface area contributed by atoms with E-state index in [-0.39, 0.29) is 29.1 Å². The maximum atomic E-state index is 13.1. The number of likely N-dealkylation sites (N-methyl/N-ethyl adjacent to an activating group) is 1. The van der Waals surface area contributed by atoms with Gasteiger partial charge in [-0.25, -0.2) is 0 Å². The minimum atomic E-state index is -0.974. The number of nitro groups is 1. The van der Waals surface area contributed by atoms with E-state index >= 15 is 0 Å². The van der Waals surface area contributed by atoms with Crippen LogP contribution in [0.4, 0.5) is 5.69 Å². The van der Waals surface area contributed by atoms with E-state index in [4.69, 9.17) is 9.47 Å². The number of ketones is 1. The fourth-order valence-corrected chi connectivity index (χ4v) is 3.92. The molecule has 0 aromatic heterocycles. The third kappa shape index (κ3) is 4.24. The van der Waals surface area contributed by atoms with Crippen molar-refractivity contribution in [1.29, 1.82) is 0 Å². The highest BCUT2D eigenvalue weighted by Crippen LogP contribution is 2.41. The van der Waals surface area contributed by atoms with Crippen molar-refractivity contribution in [3.05, 3.63) is 69.3 Å². The third-order valence-electron chi connectivity index (χ3n) is 5.54. The van der Waals surface area contributed by atoms with Gasteiger partial charge in [0.1, 0.15) is 19.0 Å². The summed E-state index contributed by atoms with van der Waals surface area (Å²) in [7, 11) is 3.66. The number of hydrogen-bond donors (Lipinski definition) is 1. The molecule has 2 aromatic rings. The number of hydrogen-bond acceptors (Lipinski definition) is 8. The summed E-state index contributed by atoms with van der Waals surface area (Å²) >= 11 is 0. The molecule has 10 nitrogen and oxygen atoms in total. The summed E-state index contributed by atoms with van der Waals surface area (Å²) in [5, 5.41) is 22.5. The van der Waals surface area contributed by atoms with E-state index in [0.29, 0.717) is 36.8 Å². The molecule has 1 saturated heterocycles. The van der Waals surface area contributed by atoms with Crippen molar-refractivity contribution >= 4 is 23.1 Å². The lowest BCUT2D eigenvalue weighted by Crippen LogP contribution is -2.35. The van der Waals surface area contributed by atoms with Crippen molar-refractivity contribution in [2.75, 3.05) is 40.4 Å². The monoisotopic (exact) mass is 453 g/mol. The lowest BCUT2D eigenvalue weighted by Gasteiger charge is -2.26. The Bertz CT molecular complexity index is 1160. The second kappa shape index (κ2) is 8.91. The fourth-order valence-electron chi connectivity index (χ4n) is 3.92. The van der Waals surface area contributed by atoms with Gasteiger partial charge in [0, 0.05) is 30.8 Å². The third-order valence-corrected chi connectivity index (χ3v) is 5.54. The lowest BCUT2D eigenvalue weighted by atomic mass is 9.95. The van der Waals surface area contributed by atoms with E-state index in [9.17, 15) is 24.8 Å². The highest BCUT2D eigenvalue weighted by Gasteiger charge is 2.46. The smallest absolute Gasteiger partial charge is 0.295 e. The Morgan fingerprint density at radius 1 is 1.15 bits per heavy atom. The van der Waals surface area contributed by atoms with Gasteiger partial charge in [-0.2, -0.15) is 0 Å². The molecule has 0 aliphatic carbocycles. The zero-order chi connectivity index (χ0) is 23.7. The van der Waals surface area contributed by atoms with E-state index < -0.39 is 22.7 Å². The highest BCUT2D eigenvalue weighted by atomic mass is 16.6. The number of fused-ring (bicyclic) bond motifs is 1. The first kappa shape index (κ1) is 22.3. The molecule has 4 rings (SSSR count). The number of benzene rings is 2. The largest absolute Gasteiger partial charge is 0.507 e. The van der Waals surface area contributed by atoms with Crippen LogP contribution in [-0.4, -0.2) is 71.9 Å². The Kier molecular flexibility index (Phi) is 6.01. The molecule has 2 aromatic carbocycles. The molecule has 2 heterocycles. The quantitative estimate of drug-likeness (QED) is 0.233. The van der Waals surface area contributed by atoms with Crippen molar-refractivity contribution in [2.24, 2.45) is 0 Å². The molecule has 1 amide bonds. The summed E-state index contributed by atoms with van der Waals surface area (Å²) in [5.74, 6) is -1.07. The number of nitrogens with zero attached hydrogens (tertiary/aromatic N) is 3. The topological polar surface area (TPSA) is 122 Å². The number of rotatable bonds is 6. The zero-order valence-corrected chi connectivity index (χ0v) is 18.2. The molecular weight excluding hydrogens is 430 g/mol. The summed E-state index contributed by atoms with van der Waals surface area (Å²) < 4.78 is 11.1. The predicted molar refractivity (Wildman–Crippen MR) is 118 cm³/mol. The van der Waals surface area contributed by atoms with Gasteiger partial charge >= 0.3 is 0 Å². The minimum absolute atomic E-state index is 0.129. The molecule has 0 radical (unpaired) electrons. The molecule has 10 heteroatoms. The van der Waals surface area contributed by atoms with Crippen LogP contribution < -0.4 is 9.47 Å². The highest BCUT2D eigenvalue weighted by molar-refractivity contribution is 6.46. The standard InChI is InChI=1S/C23H23N3O7/c1-24(2)8-9-25-20(14-4-3-5-16(12-14)26(30)31)19(22(28)23(25)29)21(27)15-6-7-17-18(13-15)33-11-10-32-17/h3-7,12-13,20,27H,8-11H2,1-2H3/b21-19-. The van der Waals surface area contributed by atoms with Gasteiger partial charge in [0.25, 0.3) is 17.4 Å². The molecule has 1 fully saturated rings. The molecular formula is C23H23N3O7. The summed E-state index contributed by atoms with van der Waals surface area (Å²) in [4.78, 5) is 40.0. The average Bonchev–Trinajstić information content (AvgIpc) is 3.06. The van der Waals surface area contributed by atoms with E-state index in [1.807, 2.05) is 19.0 Å². The van der Waals surface area contributed by atoms with Crippen molar-refractivity contribution in [3.8, 4) is 11.5 Å². The van der Waals surface area contributed by atoms with Gasteiger partial charge in [-0.05, 0) is 37.9 Å². The Labute approximate surface area is 189 Å². The Morgan fingerprint density at radius 2 is 1.88 bits per heavy atom. The number of amides is 1. The van der Waals surface area contributed by atoms with Gasteiger partial charge < -0.3 is 24.4 Å². The van der Waals surface area contributed by atoms with Gasteiger partial charge in [-0.15, -0.1) is 0 Å². The number of ether oxygens (including phenoxy) is 2. The van der Waals surface area contributed by atoms with Crippen LogP contribution in [0, 0.1) is 10.1 Å². The van der Waals surface area contributed by atoms with Crippen LogP contribution in [0.5, 0.6) is 11.5 Å². The Balaban J connectivity index is 1.85. The molecule has 33 heavy (non-hydrogen) atoms. The van der Waals surface area contributed by atoms with Crippen LogP contribution in [0.25, 0.3) is 5.76 Å². The summed E-state index contributed by atoms with van der Waals surface area (Å²) in [6, 6.07) is 9.49. The van der Waals surface area contributed by atoms with Gasteiger partial charge in [0.15, 0.2) is 11.5 Å². The van der Waals surface area contributed by atoms with Crippen molar-refractivity contribution in [3.63, 3.8) is 0 Å². The molecule has 172 valence electrons. The van der Waals surface area contributed by atoms with Crippen LogP contribution in [0.3, 0.4) is 0 Å². The molecule has 1 atom stereocenters. The first-order valence-corrected chi connectivity index (χ1v) is 10.4. The number of aliphatic hydroxyl groups is 1. The van der Waals surface area contributed by atoms with Crippen LogP contribution in [0.15, 0.2) is 48.0 Å². The number of carbonyl (C=O) groups excluding carboxylic acids is 2. The molecule has 2 aliphatic heterocycles. The number of Topliss-reactive ketones (excluding diaryl/α,β-unsaturated/α-hetero) is 1. The number of carbonyl (C=O) groups is 2. The number of nitro benzene ring substituents is 1. The van der Waals surface area contributed by atoms with Gasteiger partial charge in [-0.1, -0.05) is 12.1 Å². The van der Waals surface area contributed by atoms with Crippen molar-refractivity contribution in [2.45, 2.75) is 6.04 Å². The molecule has 1 N–H and O–H groups in total.